The minimum atomic E-state index is -3.74. The summed E-state index contributed by atoms with van der Waals surface area (Å²) in [6.45, 7) is 1.72. The molecule has 1 aromatic carbocycles. The van der Waals surface area contributed by atoms with Crippen LogP contribution in [0.1, 0.15) is 30.5 Å². The fourth-order valence-electron chi connectivity index (χ4n) is 2.37. The van der Waals surface area contributed by atoms with Crippen LogP contribution in [0.25, 0.3) is 0 Å². The molecule has 2 N–H and O–H groups in total. The number of hydrogen-bond acceptors (Lipinski definition) is 3. The Balaban J connectivity index is 2.43. The summed E-state index contributed by atoms with van der Waals surface area (Å²) in [5.41, 5.74) is 0.908. The molecule has 1 heterocycles. The maximum absolute atomic E-state index is 12.8. The number of carboxylic acid groups (broad SMARTS) is 1. The smallest absolute Gasteiger partial charge is 0.312 e. The van der Waals surface area contributed by atoms with Crippen molar-refractivity contribution in [1.29, 1.82) is 0 Å². The lowest BCUT2D eigenvalue weighted by Crippen LogP contribution is -2.22. The van der Waals surface area contributed by atoms with Crippen molar-refractivity contribution >= 4 is 18.6 Å². The Morgan fingerprint density at radius 3 is 2.50 bits per heavy atom. The van der Waals surface area contributed by atoms with Crippen LogP contribution in [0.5, 0.6) is 0 Å². The molecule has 0 aliphatic heterocycles. The van der Waals surface area contributed by atoms with Gasteiger partial charge in [0.1, 0.15) is 0 Å². The molecular formula is C16H18NO4P. The van der Waals surface area contributed by atoms with Gasteiger partial charge in [-0.05, 0) is 24.1 Å². The maximum atomic E-state index is 12.8. The summed E-state index contributed by atoms with van der Waals surface area (Å²) in [6.07, 6.45) is 1.72. The second kappa shape index (κ2) is 6.86. The van der Waals surface area contributed by atoms with Gasteiger partial charge in [0.15, 0.2) is 0 Å². The molecular weight excluding hydrogens is 301 g/mol. The third kappa shape index (κ3) is 3.62. The van der Waals surface area contributed by atoms with E-state index in [1.807, 2.05) is 6.07 Å². The molecule has 22 heavy (non-hydrogen) atoms. The molecule has 2 unspecified atom stereocenters. The van der Waals surface area contributed by atoms with Crippen LogP contribution in [0.3, 0.4) is 0 Å². The molecule has 0 bridgehead atoms. The number of nitrogens with zero attached hydrogens (tertiary/aromatic N) is 1. The highest BCUT2D eigenvalue weighted by Crippen LogP contribution is 2.45. The van der Waals surface area contributed by atoms with Gasteiger partial charge in [-0.1, -0.05) is 37.3 Å². The lowest BCUT2D eigenvalue weighted by Gasteiger charge is -2.18. The van der Waals surface area contributed by atoms with Crippen molar-refractivity contribution in [2.24, 2.45) is 0 Å². The molecule has 0 fully saturated rings. The number of pyridine rings is 1. The van der Waals surface area contributed by atoms with Gasteiger partial charge in [0, 0.05) is 6.20 Å². The number of rotatable bonds is 6. The van der Waals surface area contributed by atoms with Crippen molar-refractivity contribution in [1.82, 2.24) is 4.98 Å². The van der Waals surface area contributed by atoms with Gasteiger partial charge in [-0.25, -0.2) is 0 Å². The molecule has 1 aromatic heterocycles. The molecule has 0 saturated carbocycles. The van der Waals surface area contributed by atoms with E-state index in [0.29, 0.717) is 6.42 Å². The number of carbonyl (C=O) groups is 1. The Hall–Kier alpha value is -1.97. The Bertz CT molecular complexity index is 702. The van der Waals surface area contributed by atoms with Crippen molar-refractivity contribution in [3.63, 3.8) is 0 Å². The Kier molecular flexibility index (Phi) is 5.11. The molecule has 0 saturated heterocycles. The summed E-state index contributed by atoms with van der Waals surface area (Å²) >= 11 is 0. The second-order valence-corrected chi connectivity index (χ2v) is 7.25. The van der Waals surface area contributed by atoms with Gasteiger partial charge >= 0.3 is 5.97 Å². The number of hydrogen-bond donors (Lipinski definition) is 2. The number of aliphatic carboxylic acids is 1. The van der Waals surface area contributed by atoms with Crippen molar-refractivity contribution in [3.8, 4) is 0 Å². The van der Waals surface area contributed by atoms with Crippen molar-refractivity contribution in [2.75, 3.05) is 0 Å². The molecule has 0 amide bonds. The Labute approximate surface area is 129 Å². The van der Waals surface area contributed by atoms with Crippen LogP contribution in [-0.4, -0.2) is 21.0 Å². The minimum absolute atomic E-state index is 0.0391. The third-order valence-electron chi connectivity index (χ3n) is 3.47. The summed E-state index contributed by atoms with van der Waals surface area (Å²) in [5, 5.41) is 9.43. The average Bonchev–Trinajstić information content (AvgIpc) is 2.48. The summed E-state index contributed by atoms with van der Waals surface area (Å²) in [4.78, 5) is 25.9. The van der Waals surface area contributed by atoms with E-state index in [1.165, 1.54) is 12.3 Å². The lowest BCUT2D eigenvalue weighted by atomic mass is 10.0. The van der Waals surface area contributed by atoms with Gasteiger partial charge in [0.2, 0.25) is 7.37 Å². The number of aromatic nitrogens is 1. The quantitative estimate of drug-likeness (QED) is 0.799. The number of benzene rings is 1. The minimum Gasteiger partial charge on any atom is -0.481 e. The van der Waals surface area contributed by atoms with Gasteiger partial charge in [-0.3, -0.25) is 14.3 Å². The fourth-order valence-corrected chi connectivity index (χ4v) is 4.14. The van der Waals surface area contributed by atoms with Crippen LogP contribution in [0.2, 0.25) is 0 Å². The summed E-state index contributed by atoms with van der Waals surface area (Å²) in [6, 6.07) is 12.0. The van der Waals surface area contributed by atoms with Gasteiger partial charge in [-0.15, -0.1) is 0 Å². The molecule has 5 nitrogen and oxygen atoms in total. The van der Waals surface area contributed by atoms with Gasteiger partial charge in [-0.2, -0.15) is 0 Å². The summed E-state index contributed by atoms with van der Waals surface area (Å²) in [7, 11) is -3.74. The van der Waals surface area contributed by atoms with Crippen molar-refractivity contribution < 1.29 is 19.4 Å². The van der Waals surface area contributed by atoms with Crippen LogP contribution in [-0.2, 0) is 15.5 Å². The predicted molar refractivity (Wildman–Crippen MR) is 84.5 cm³/mol. The normalized spacial score (nSPS) is 15.0. The van der Waals surface area contributed by atoms with Crippen molar-refractivity contribution in [3.05, 3.63) is 59.9 Å². The Morgan fingerprint density at radius 2 is 1.91 bits per heavy atom. The standard InChI is InChI=1S/C16H18NO4P/c1-2-13(16(18)19)15-14(9-6-10-17-15)22(20,21)11-12-7-4-3-5-8-12/h3-10,13H,2,11H2,1H3,(H,18,19)(H,20,21). The molecule has 6 heteroatoms. The van der Waals surface area contributed by atoms with E-state index in [1.54, 1.807) is 37.3 Å². The Morgan fingerprint density at radius 1 is 1.23 bits per heavy atom. The third-order valence-corrected chi connectivity index (χ3v) is 5.39. The van der Waals surface area contributed by atoms with Crippen LogP contribution in [0.4, 0.5) is 0 Å². The lowest BCUT2D eigenvalue weighted by molar-refractivity contribution is -0.138. The highest BCUT2D eigenvalue weighted by Gasteiger charge is 2.31. The van der Waals surface area contributed by atoms with E-state index in [2.05, 4.69) is 4.98 Å². The topological polar surface area (TPSA) is 87.5 Å². The second-order valence-electron chi connectivity index (χ2n) is 5.05. The fraction of sp³-hybridized carbons (Fsp3) is 0.250. The first kappa shape index (κ1) is 16.4. The van der Waals surface area contributed by atoms with Gasteiger partial charge < -0.3 is 10.00 Å². The van der Waals surface area contributed by atoms with E-state index in [-0.39, 0.29) is 17.2 Å². The molecule has 0 aliphatic rings. The summed E-state index contributed by atoms with van der Waals surface area (Å²) < 4.78 is 12.8. The van der Waals surface area contributed by atoms with Crippen LogP contribution < -0.4 is 5.30 Å². The first-order chi connectivity index (χ1) is 10.5. The van der Waals surface area contributed by atoms with E-state index in [0.717, 1.165) is 5.56 Å². The molecule has 0 aliphatic carbocycles. The molecule has 2 aromatic rings. The monoisotopic (exact) mass is 319 g/mol. The van der Waals surface area contributed by atoms with Gasteiger partial charge in [0.25, 0.3) is 0 Å². The van der Waals surface area contributed by atoms with E-state index in [4.69, 9.17) is 0 Å². The number of carboxylic acids is 1. The zero-order valence-electron chi connectivity index (χ0n) is 12.2. The molecule has 116 valence electrons. The summed E-state index contributed by atoms with van der Waals surface area (Å²) in [5.74, 6) is -1.92. The first-order valence-electron chi connectivity index (χ1n) is 6.99. The maximum Gasteiger partial charge on any atom is 0.312 e. The van der Waals surface area contributed by atoms with E-state index < -0.39 is 19.3 Å². The predicted octanol–water partition coefficient (Wildman–Crippen LogP) is 2.76. The largest absolute Gasteiger partial charge is 0.481 e. The SMILES string of the molecule is CCC(C(=O)O)c1ncccc1P(=O)(O)Cc1ccccc1. The highest BCUT2D eigenvalue weighted by molar-refractivity contribution is 7.65. The van der Waals surface area contributed by atoms with Crippen LogP contribution in [0.15, 0.2) is 48.7 Å². The zero-order valence-corrected chi connectivity index (χ0v) is 13.1. The first-order valence-corrected chi connectivity index (χ1v) is 8.84. The van der Waals surface area contributed by atoms with Crippen molar-refractivity contribution in [2.45, 2.75) is 25.4 Å². The highest BCUT2D eigenvalue weighted by atomic mass is 31.2. The van der Waals surface area contributed by atoms with E-state index in [9.17, 15) is 19.4 Å². The molecule has 2 atom stereocenters. The van der Waals surface area contributed by atoms with Crippen LogP contribution >= 0.6 is 7.37 Å². The average molecular weight is 319 g/mol. The zero-order chi connectivity index (χ0) is 16.2. The van der Waals surface area contributed by atoms with E-state index >= 15 is 0 Å². The molecule has 0 radical (unpaired) electrons. The molecule has 2 rings (SSSR count). The van der Waals surface area contributed by atoms with Crippen LogP contribution in [0, 0.1) is 0 Å². The van der Waals surface area contributed by atoms with Gasteiger partial charge in [0.05, 0.1) is 23.1 Å². The molecule has 0 spiro atoms.